The van der Waals surface area contributed by atoms with Crippen molar-refractivity contribution < 1.29 is 18.7 Å². The summed E-state index contributed by atoms with van der Waals surface area (Å²) < 4.78 is 18.6. The average Bonchev–Trinajstić information content (AvgIpc) is 2.62. The van der Waals surface area contributed by atoms with E-state index in [4.69, 9.17) is 10.00 Å². The molecular formula is C18H16FN3O3. The number of ether oxygens (including phenoxy) is 1. The van der Waals surface area contributed by atoms with Gasteiger partial charge in [-0.1, -0.05) is 12.1 Å². The van der Waals surface area contributed by atoms with Crippen LogP contribution in [0.25, 0.3) is 0 Å². The zero-order valence-electron chi connectivity index (χ0n) is 13.5. The van der Waals surface area contributed by atoms with Gasteiger partial charge in [0.1, 0.15) is 11.6 Å². The largest absolute Gasteiger partial charge is 0.492 e. The molecule has 0 aliphatic rings. The van der Waals surface area contributed by atoms with Gasteiger partial charge in [-0.05, 0) is 36.8 Å². The molecule has 0 bridgehead atoms. The number of nitrogens with zero attached hydrogens (tertiary/aromatic N) is 1. The summed E-state index contributed by atoms with van der Waals surface area (Å²) >= 11 is 0. The Morgan fingerprint density at radius 2 is 2.00 bits per heavy atom. The van der Waals surface area contributed by atoms with Crippen molar-refractivity contribution in [2.24, 2.45) is 0 Å². The van der Waals surface area contributed by atoms with Crippen LogP contribution in [-0.2, 0) is 16.1 Å². The number of hydrogen-bond donors (Lipinski definition) is 2. The fourth-order valence-electron chi connectivity index (χ4n) is 2.07. The Kier molecular flexibility index (Phi) is 6.07. The molecule has 25 heavy (non-hydrogen) atoms. The lowest BCUT2D eigenvalue weighted by molar-refractivity contribution is -0.136. The topological polar surface area (TPSA) is 91.2 Å². The number of anilines is 1. The van der Waals surface area contributed by atoms with Crippen molar-refractivity contribution in [2.45, 2.75) is 13.5 Å². The zero-order valence-corrected chi connectivity index (χ0v) is 13.5. The van der Waals surface area contributed by atoms with Crippen LogP contribution < -0.4 is 15.4 Å². The second kappa shape index (κ2) is 8.45. The maximum atomic E-state index is 13.3. The van der Waals surface area contributed by atoms with Crippen LogP contribution in [0.1, 0.15) is 18.1 Å². The second-order valence-corrected chi connectivity index (χ2v) is 5.02. The molecular weight excluding hydrogens is 325 g/mol. The zero-order chi connectivity index (χ0) is 18.2. The smallest absolute Gasteiger partial charge is 0.313 e. The van der Waals surface area contributed by atoms with E-state index in [2.05, 4.69) is 10.6 Å². The summed E-state index contributed by atoms with van der Waals surface area (Å²) in [5.74, 6) is -2.11. The van der Waals surface area contributed by atoms with Crippen LogP contribution in [0.15, 0.2) is 42.5 Å². The first-order valence-corrected chi connectivity index (χ1v) is 7.54. The van der Waals surface area contributed by atoms with Gasteiger partial charge in [-0.15, -0.1) is 0 Å². The fourth-order valence-corrected chi connectivity index (χ4v) is 2.07. The fraction of sp³-hybridized carbons (Fsp3) is 0.167. The lowest BCUT2D eigenvalue weighted by atomic mass is 10.1. The highest BCUT2D eigenvalue weighted by Crippen LogP contribution is 2.25. The van der Waals surface area contributed by atoms with Crippen molar-refractivity contribution in [1.29, 1.82) is 5.26 Å². The van der Waals surface area contributed by atoms with Crippen LogP contribution in [0.3, 0.4) is 0 Å². The Morgan fingerprint density at radius 3 is 2.72 bits per heavy atom. The van der Waals surface area contributed by atoms with Crippen LogP contribution in [-0.4, -0.2) is 18.4 Å². The standard InChI is InChI=1S/C18H16FN3O3/c1-2-25-16-7-6-14(19)9-15(16)22-18(24)17(23)21-11-13-5-3-4-12(8-13)10-20/h3-9H,2,11H2,1H3,(H,21,23)(H,22,24). The molecule has 128 valence electrons. The van der Waals surface area contributed by atoms with Crippen molar-refractivity contribution in [3.05, 3.63) is 59.4 Å². The molecule has 0 aromatic heterocycles. The van der Waals surface area contributed by atoms with Gasteiger partial charge >= 0.3 is 11.8 Å². The molecule has 6 nitrogen and oxygen atoms in total. The Labute approximate surface area is 144 Å². The van der Waals surface area contributed by atoms with E-state index in [1.807, 2.05) is 6.07 Å². The van der Waals surface area contributed by atoms with Crippen molar-refractivity contribution in [2.75, 3.05) is 11.9 Å². The van der Waals surface area contributed by atoms with Crippen molar-refractivity contribution >= 4 is 17.5 Å². The molecule has 0 atom stereocenters. The monoisotopic (exact) mass is 341 g/mol. The molecule has 2 amide bonds. The van der Waals surface area contributed by atoms with Crippen LogP contribution in [0, 0.1) is 17.1 Å². The molecule has 0 aliphatic carbocycles. The number of amides is 2. The summed E-state index contributed by atoms with van der Waals surface area (Å²) in [6.07, 6.45) is 0. The lowest BCUT2D eigenvalue weighted by Crippen LogP contribution is -2.35. The molecule has 0 spiro atoms. The summed E-state index contributed by atoms with van der Waals surface area (Å²) in [6.45, 7) is 2.16. The Hall–Kier alpha value is -3.40. The van der Waals surface area contributed by atoms with E-state index in [0.29, 0.717) is 17.7 Å². The van der Waals surface area contributed by atoms with E-state index in [9.17, 15) is 14.0 Å². The highest BCUT2D eigenvalue weighted by molar-refractivity contribution is 6.39. The molecule has 0 saturated heterocycles. The van der Waals surface area contributed by atoms with E-state index in [0.717, 1.165) is 6.07 Å². The van der Waals surface area contributed by atoms with Crippen LogP contribution >= 0.6 is 0 Å². The summed E-state index contributed by atoms with van der Waals surface area (Å²) in [7, 11) is 0. The first-order valence-electron chi connectivity index (χ1n) is 7.54. The molecule has 0 fully saturated rings. The average molecular weight is 341 g/mol. The minimum absolute atomic E-state index is 0.0773. The van der Waals surface area contributed by atoms with Crippen LogP contribution in [0.4, 0.5) is 10.1 Å². The third-order valence-corrected chi connectivity index (χ3v) is 3.21. The predicted octanol–water partition coefficient (Wildman–Crippen LogP) is 2.35. The van der Waals surface area contributed by atoms with E-state index >= 15 is 0 Å². The van der Waals surface area contributed by atoms with Gasteiger partial charge in [0.15, 0.2) is 0 Å². The summed E-state index contributed by atoms with van der Waals surface area (Å²) in [5, 5.41) is 13.6. The summed E-state index contributed by atoms with van der Waals surface area (Å²) in [4.78, 5) is 23.9. The maximum Gasteiger partial charge on any atom is 0.313 e. The van der Waals surface area contributed by atoms with Crippen molar-refractivity contribution in [3.63, 3.8) is 0 Å². The van der Waals surface area contributed by atoms with Gasteiger partial charge in [-0.25, -0.2) is 4.39 Å². The quantitative estimate of drug-likeness (QED) is 0.817. The molecule has 0 unspecified atom stereocenters. The third kappa shape index (κ3) is 5.04. The SMILES string of the molecule is CCOc1ccc(F)cc1NC(=O)C(=O)NCc1cccc(C#N)c1. The third-order valence-electron chi connectivity index (χ3n) is 3.21. The highest BCUT2D eigenvalue weighted by Gasteiger charge is 2.16. The van der Waals surface area contributed by atoms with Gasteiger partial charge in [-0.3, -0.25) is 9.59 Å². The lowest BCUT2D eigenvalue weighted by Gasteiger charge is -2.11. The van der Waals surface area contributed by atoms with Gasteiger partial charge in [0.25, 0.3) is 0 Å². The molecule has 0 heterocycles. The van der Waals surface area contributed by atoms with E-state index in [1.54, 1.807) is 31.2 Å². The second-order valence-electron chi connectivity index (χ2n) is 5.02. The number of nitrogens with one attached hydrogen (secondary N) is 2. The first kappa shape index (κ1) is 17.9. The number of hydrogen-bond acceptors (Lipinski definition) is 4. The molecule has 2 N–H and O–H groups in total. The number of nitriles is 1. The number of rotatable bonds is 5. The minimum atomic E-state index is -0.942. The summed E-state index contributed by atoms with van der Waals surface area (Å²) in [5.41, 5.74) is 1.21. The Morgan fingerprint density at radius 1 is 1.20 bits per heavy atom. The molecule has 0 aliphatic heterocycles. The molecule has 2 aromatic carbocycles. The van der Waals surface area contributed by atoms with E-state index < -0.39 is 17.6 Å². The van der Waals surface area contributed by atoms with Gasteiger partial charge in [0, 0.05) is 12.6 Å². The van der Waals surface area contributed by atoms with Gasteiger partial charge < -0.3 is 15.4 Å². The molecule has 2 aromatic rings. The van der Waals surface area contributed by atoms with Gasteiger partial charge in [0.2, 0.25) is 0 Å². The van der Waals surface area contributed by atoms with Gasteiger partial charge in [0.05, 0.1) is 23.9 Å². The van der Waals surface area contributed by atoms with E-state index in [-0.39, 0.29) is 18.0 Å². The Bertz CT molecular complexity index is 831. The van der Waals surface area contributed by atoms with Gasteiger partial charge in [-0.2, -0.15) is 5.26 Å². The highest BCUT2D eigenvalue weighted by atomic mass is 19.1. The predicted molar refractivity (Wildman–Crippen MR) is 89.2 cm³/mol. The molecule has 0 saturated carbocycles. The number of carbonyl (C=O) groups excluding carboxylic acids is 2. The van der Waals surface area contributed by atoms with E-state index in [1.165, 1.54) is 12.1 Å². The molecule has 2 rings (SSSR count). The first-order chi connectivity index (χ1) is 12.0. The van der Waals surface area contributed by atoms with Crippen LogP contribution in [0.5, 0.6) is 5.75 Å². The molecule has 0 radical (unpaired) electrons. The number of carbonyl (C=O) groups is 2. The number of benzene rings is 2. The van der Waals surface area contributed by atoms with Crippen molar-refractivity contribution in [3.8, 4) is 11.8 Å². The van der Waals surface area contributed by atoms with Crippen molar-refractivity contribution in [1.82, 2.24) is 5.32 Å². The Balaban J connectivity index is 2.00. The normalized spacial score (nSPS) is 9.80. The summed E-state index contributed by atoms with van der Waals surface area (Å²) in [6, 6.07) is 12.3. The maximum absolute atomic E-state index is 13.3. The van der Waals surface area contributed by atoms with Crippen LogP contribution in [0.2, 0.25) is 0 Å². The minimum Gasteiger partial charge on any atom is -0.492 e. The molecule has 7 heteroatoms. The number of halogens is 1.